The van der Waals surface area contributed by atoms with Crippen molar-refractivity contribution < 1.29 is 13.6 Å². The molecule has 0 fully saturated rings. The number of hydrogen-bond donors (Lipinski definition) is 2. The number of carbonyl (C=O) groups is 1. The molecule has 0 atom stereocenters. The molecular weight excluding hydrogens is 436 g/mol. The van der Waals surface area contributed by atoms with Gasteiger partial charge < -0.3 is 15.5 Å². The summed E-state index contributed by atoms with van der Waals surface area (Å²) >= 11 is 5.87. The number of nitrogens with one attached hydrogen (secondary N) is 2. The van der Waals surface area contributed by atoms with Gasteiger partial charge in [0.05, 0.1) is 10.5 Å². The topological polar surface area (TPSA) is 70.1 Å². The number of hydrogen-bond acceptors (Lipinski definition) is 5. The second-order valence-corrected chi connectivity index (χ2v) is 7.93. The normalized spacial score (nSPS) is 11.8. The van der Waals surface area contributed by atoms with Crippen molar-refractivity contribution >= 4 is 45.6 Å². The van der Waals surface area contributed by atoms with E-state index in [0.717, 1.165) is 12.0 Å². The molecule has 0 saturated carbocycles. The molecule has 0 bridgehead atoms. The molecule has 32 heavy (non-hydrogen) atoms. The molecule has 0 aliphatic heterocycles. The van der Waals surface area contributed by atoms with Crippen LogP contribution in [0.5, 0.6) is 0 Å². The van der Waals surface area contributed by atoms with E-state index in [0.29, 0.717) is 41.1 Å². The summed E-state index contributed by atoms with van der Waals surface area (Å²) in [7, 11) is 3.57. The van der Waals surface area contributed by atoms with Crippen molar-refractivity contribution in [1.82, 2.24) is 14.9 Å². The lowest BCUT2D eigenvalue weighted by Crippen LogP contribution is -2.16. The van der Waals surface area contributed by atoms with Gasteiger partial charge in [-0.05, 0) is 62.5 Å². The van der Waals surface area contributed by atoms with Crippen LogP contribution < -0.4 is 10.6 Å². The lowest BCUT2D eigenvalue weighted by Gasteiger charge is -2.14. The molecule has 1 heterocycles. The molecule has 1 aromatic heterocycles. The van der Waals surface area contributed by atoms with Crippen molar-refractivity contribution in [2.75, 3.05) is 31.3 Å². The largest absolute Gasteiger partial charge is 0.340 e. The van der Waals surface area contributed by atoms with Gasteiger partial charge in [-0.1, -0.05) is 24.9 Å². The zero-order chi connectivity index (χ0) is 23.3. The molecule has 168 valence electrons. The van der Waals surface area contributed by atoms with Gasteiger partial charge in [0.15, 0.2) is 5.83 Å². The van der Waals surface area contributed by atoms with Crippen molar-refractivity contribution in [1.29, 1.82) is 0 Å². The number of nitrogens with zero attached hydrogens (tertiary/aromatic N) is 3. The highest BCUT2D eigenvalue weighted by Gasteiger charge is 2.15. The summed E-state index contributed by atoms with van der Waals surface area (Å²) in [5, 5.41) is 6.35. The first-order valence-electron chi connectivity index (χ1n) is 10.1. The van der Waals surface area contributed by atoms with Gasteiger partial charge in [-0.15, -0.1) is 0 Å². The first-order valence-corrected chi connectivity index (χ1v) is 10.5. The van der Waals surface area contributed by atoms with Gasteiger partial charge in [0.25, 0.3) is 5.91 Å². The molecule has 0 radical (unpaired) electrons. The summed E-state index contributed by atoms with van der Waals surface area (Å²) in [5.74, 6) is -1.76. The number of fused-ring (bicyclic) bond motifs is 1. The molecule has 1 amide bonds. The third kappa shape index (κ3) is 5.77. The van der Waals surface area contributed by atoms with Gasteiger partial charge in [-0.2, -0.15) is 0 Å². The van der Waals surface area contributed by atoms with Gasteiger partial charge in [-0.3, -0.25) is 4.79 Å². The minimum absolute atomic E-state index is 0.0217. The Hall–Kier alpha value is -3.10. The molecule has 2 aromatic carbocycles. The van der Waals surface area contributed by atoms with Crippen LogP contribution in [0.1, 0.15) is 18.9 Å². The van der Waals surface area contributed by atoms with Gasteiger partial charge in [0.2, 0.25) is 0 Å². The van der Waals surface area contributed by atoms with E-state index in [2.05, 4.69) is 20.6 Å². The average molecular weight is 460 g/mol. The minimum atomic E-state index is -0.857. The number of halogens is 3. The SMILES string of the molecule is CCCc1cc2ncnc(Nc3ccc(F)c(Cl)c3)c2cc1NC(=O)C(F)=CCN(C)C. The van der Waals surface area contributed by atoms with Crippen molar-refractivity contribution in [3.05, 3.63) is 65.0 Å². The molecule has 2 N–H and O–H groups in total. The predicted molar refractivity (Wildman–Crippen MR) is 125 cm³/mol. The Labute approximate surface area is 190 Å². The quantitative estimate of drug-likeness (QED) is 0.437. The Morgan fingerprint density at radius 1 is 1.22 bits per heavy atom. The van der Waals surface area contributed by atoms with E-state index < -0.39 is 17.6 Å². The number of rotatable bonds is 8. The number of aryl methyl sites for hydroxylation is 1. The summed E-state index contributed by atoms with van der Waals surface area (Å²) in [6.07, 6.45) is 4.14. The Morgan fingerprint density at radius 2 is 2.00 bits per heavy atom. The van der Waals surface area contributed by atoms with E-state index in [1.54, 1.807) is 25.1 Å². The van der Waals surface area contributed by atoms with Crippen LogP contribution in [-0.2, 0) is 11.2 Å². The zero-order valence-electron chi connectivity index (χ0n) is 18.0. The maximum Gasteiger partial charge on any atom is 0.284 e. The number of likely N-dealkylation sites (N-methyl/N-ethyl adjacent to an activating group) is 1. The van der Waals surface area contributed by atoms with E-state index in [1.165, 1.54) is 30.6 Å². The van der Waals surface area contributed by atoms with Crippen LogP contribution in [0, 0.1) is 5.82 Å². The average Bonchev–Trinajstić information content (AvgIpc) is 2.75. The van der Waals surface area contributed by atoms with Crippen LogP contribution >= 0.6 is 11.6 Å². The summed E-state index contributed by atoms with van der Waals surface area (Å²) in [5.41, 5.74) is 2.51. The van der Waals surface area contributed by atoms with Crippen LogP contribution in [0.2, 0.25) is 5.02 Å². The Kier molecular flexibility index (Phi) is 7.71. The van der Waals surface area contributed by atoms with Gasteiger partial charge in [0.1, 0.15) is 18.0 Å². The smallest absolute Gasteiger partial charge is 0.284 e. The highest BCUT2D eigenvalue weighted by Crippen LogP contribution is 2.30. The van der Waals surface area contributed by atoms with E-state index in [-0.39, 0.29) is 5.02 Å². The molecule has 9 heteroatoms. The zero-order valence-corrected chi connectivity index (χ0v) is 18.8. The van der Waals surface area contributed by atoms with Gasteiger partial charge in [0, 0.05) is 23.3 Å². The van der Waals surface area contributed by atoms with E-state index >= 15 is 0 Å². The summed E-state index contributed by atoms with van der Waals surface area (Å²) in [6.45, 7) is 2.32. The Bertz CT molecular complexity index is 1170. The highest BCUT2D eigenvalue weighted by atomic mass is 35.5. The third-order valence-electron chi connectivity index (χ3n) is 4.66. The first kappa shape index (κ1) is 23.6. The van der Waals surface area contributed by atoms with Crippen molar-refractivity contribution in [2.45, 2.75) is 19.8 Å². The van der Waals surface area contributed by atoms with E-state index in [1.807, 2.05) is 13.0 Å². The van der Waals surface area contributed by atoms with E-state index in [9.17, 15) is 13.6 Å². The van der Waals surface area contributed by atoms with Gasteiger partial charge in [-0.25, -0.2) is 18.7 Å². The lowest BCUT2D eigenvalue weighted by molar-refractivity contribution is -0.114. The number of aromatic nitrogens is 2. The van der Waals surface area contributed by atoms with Crippen molar-refractivity contribution in [3.63, 3.8) is 0 Å². The fourth-order valence-corrected chi connectivity index (χ4v) is 3.27. The maximum absolute atomic E-state index is 14.3. The molecule has 6 nitrogen and oxygen atoms in total. The predicted octanol–water partition coefficient (Wildman–Crippen LogP) is 5.47. The van der Waals surface area contributed by atoms with Crippen LogP contribution in [0.15, 0.2) is 48.6 Å². The lowest BCUT2D eigenvalue weighted by atomic mass is 10.0. The first-order chi connectivity index (χ1) is 15.3. The summed E-state index contributed by atoms with van der Waals surface area (Å²) in [6, 6.07) is 7.80. The molecule has 0 saturated heterocycles. The fraction of sp³-hybridized carbons (Fsp3) is 0.261. The second kappa shape index (κ2) is 10.5. The molecular formula is C23H24ClF2N5O. The maximum atomic E-state index is 14.3. The Morgan fingerprint density at radius 3 is 2.69 bits per heavy atom. The fourth-order valence-electron chi connectivity index (χ4n) is 3.09. The summed E-state index contributed by atoms with van der Waals surface area (Å²) < 4.78 is 27.7. The summed E-state index contributed by atoms with van der Waals surface area (Å²) in [4.78, 5) is 22.7. The van der Waals surface area contributed by atoms with Crippen LogP contribution in [0.4, 0.5) is 26.0 Å². The highest BCUT2D eigenvalue weighted by molar-refractivity contribution is 6.31. The molecule has 0 spiro atoms. The number of carbonyl (C=O) groups excluding carboxylic acids is 1. The molecule has 0 unspecified atom stereocenters. The number of benzene rings is 2. The minimum Gasteiger partial charge on any atom is -0.340 e. The van der Waals surface area contributed by atoms with Crippen LogP contribution in [0.25, 0.3) is 10.9 Å². The molecule has 0 aliphatic carbocycles. The Balaban J connectivity index is 1.99. The van der Waals surface area contributed by atoms with Gasteiger partial charge >= 0.3 is 0 Å². The number of anilines is 3. The second-order valence-electron chi connectivity index (χ2n) is 7.52. The van der Waals surface area contributed by atoms with Crippen LogP contribution in [0.3, 0.4) is 0 Å². The van der Waals surface area contributed by atoms with Crippen molar-refractivity contribution in [3.8, 4) is 0 Å². The standard InChI is InChI=1S/C23H24ClF2N5O/c1-4-5-14-10-21-16(12-20(14)30-23(32)19(26)8-9-31(2)3)22(28-13-27-21)29-15-6-7-18(25)17(24)11-15/h6-8,10-13H,4-5,9H2,1-3H3,(H,30,32)(H,27,28,29). The van der Waals surface area contributed by atoms with Crippen molar-refractivity contribution in [2.24, 2.45) is 0 Å². The van der Waals surface area contributed by atoms with Crippen LogP contribution in [-0.4, -0.2) is 41.4 Å². The molecule has 0 aliphatic rings. The molecule has 3 aromatic rings. The monoisotopic (exact) mass is 459 g/mol. The molecule has 3 rings (SSSR count). The van der Waals surface area contributed by atoms with E-state index in [4.69, 9.17) is 11.6 Å². The number of amides is 1. The third-order valence-corrected chi connectivity index (χ3v) is 4.95.